The highest BCUT2D eigenvalue weighted by Crippen LogP contribution is 2.44. The summed E-state index contributed by atoms with van der Waals surface area (Å²) in [6.45, 7) is 6.62. The van der Waals surface area contributed by atoms with Crippen LogP contribution >= 0.6 is 11.3 Å². The lowest BCUT2D eigenvalue weighted by atomic mass is 9.84. The Morgan fingerprint density at radius 1 is 1.10 bits per heavy atom. The van der Waals surface area contributed by atoms with Crippen LogP contribution in [0.4, 0.5) is 5.13 Å². The predicted octanol–water partition coefficient (Wildman–Crippen LogP) is 5.31. The molecule has 2 bridgehead atoms. The van der Waals surface area contributed by atoms with Crippen LogP contribution in [0.5, 0.6) is 0 Å². The molecule has 4 aromatic rings. The normalized spacial score (nSPS) is 27.9. The molecule has 2 aliphatic rings. The highest BCUT2D eigenvalue weighted by atomic mass is 32.1. The fourth-order valence-electron chi connectivity index (χ4n) is 5.58. The lowest BCUT2D eigenvalue weighted by Gasteiger charge is -2.45. The molecule has 0 aliphatic carbocycles. The van der Waals surface area contributed by atoms with Gasteiger partial charge in [-0.1, -0.05) is 17.4 Å². The van der Waals surface area contributed by atoms with Crippen LogP contribution in [-0.2, 0) is 0 Å². The average Bonchev–Trinajstić information content (AvgIpc) is 3.38. The molecule has 7 heteroatoms. The van der Waals surface area contributed by atoms with E-state index in [1.54, 1.807) is 11.3 Å². The summed E-state index contributed by atoms with van der Waals surface area (Å²) in [5.74, 6) is 0.680. The molecule has 0 amide bonds. The van der Waals surface area contributed by atoms with Crippen LogP contribution in [0.15, 0.2) is 34.9 Å². The van der Waals surface area contributed by atoms with Gasteiger partial charge in [-0.05, 0) is 57.7 Å². The van der Waals surface area contributed by atoms with Gasteiger partial charge in [0.2, 0.25) is 0 Å². The van der Waals surface area contributed by atoms with Crippen LogP contribution < -0.4 is 10.2 Å². The van der Waals surface area contributed by atoms with Crippen LogP contribution in [0.2, 0.25) is 0 Å². The Morgan fingerprint density at radius 3 is 2.65 bits per heavy atom. The van der Waals surface area contributed by atoms with E-state index >= 15 is 0 Å². The molecule has 1 N–H and O–H groups in total. The number of fused-ring (bicyclic) bond motifs is 4. The van der Waals surface area contributed by atoms with Gasteiger partial charge in [0.25, 0.3) is 0 Å². The van der Waals surface area contributed by atoms with E-state index in [1.165, 1.54) is 12.8 Å². The summed E-state index contributed by atoms with van der Waals surface area (Å²) in [6.07, 6.45) is 6.74. The van der Waals surface area contributed by atoms with E-state index in [-0.39, 0.29) is 11.1 Å². The zero-order chi connectivity index (χ0) is 21.4. The second kappa shape index (κ2) is 6.50. The first kappa shape index (κ1) is 19.2. The first-order chi connectivity index (χ1) is 14.8. The van der Waals surface area contributed by atoms with Gasteiger partial charge in [-0.3, -0.25) is 4.98 Å². The monoisotopic (exact) mass is 433 g/mol. The second-order valence-corrected chi connectivity index (χ2v) is 10.9. The molecule has 2 fully saturated rings. The number of nitrogens with zero attached hydrogens (tertiary/aromatic N) is 4. The van der Waals surface area contributed by atoms with E-state index in [2.05, 4.69) is 53.2 Å². The molecule has 2 saturated heterocycles. The fraction of sp³-hybridized carbons (Fsp3) is 0.458. The summed E-state index contributed by atoms with van der Waals surface area (Å²) in [6, 6.07) is 8.71. The van der Waals surface area contributed by atoms with Gasteiger partial charge in [-0.2, -0.15) is 0 Å². The first-order valence-corrected chi connectivity index (χ1v) is 11.8. The summed E-state index contributed by atoms with van der Waals surface area (Å²) in [5, 5.41) is 4.96. The zero-order valence-corrected chi connectivity index (χ0v) is 19.2. The van der Waals surface area contributed by atoms with Crippen molar-refractivity contribution in [1.82, 2.24) is 20.3 Å². The molecule has 6 nitrogen and oxygen atoms in total. The number of benzene rings is 1. The number of aromatic nitrogens is 3. The van der Waals surface area contributed by atoms with Crippen molar-refractivity contribution in [2.45, 2.75) is 63.6 Å². The van der Waals surface area contributed by atoms with Gasteiger partial charge in [-0.15, -0.1) is 0 Å². The number of hydrogen-bond donors (Lipinski definition) is 1. The molecule has 0 saturated carbocycles. The number of rotatable bonds is 3. The van der Waals surface area contributed by atoms with Gasteiger partial charge in [0.05, 0.1) is 16.6 Å². The minimum atomic E-state index is 0.245. The summed E-state index contributed by atoms with van der Waals surface area (Å²) in [7, 11) is 2.20. The maximum Gasteiger partial charge on any atom is 0.192 e. The van der Waals surface area contributed by atoms with E-state index in [1.807, 2.05) is 25.3 Å². The van der Waals surface area contributed by atoms with E-state index < -0.39 is 0 Å². The standard InChI is InChI=1S/C24H27N5OS/c1-14-26-17-6-5-15(9-20(17)30-14)18-10-21-19(13-25-18)27-22(31-21)29(4)16-11-23(2)7-8-24(3,12-16)28-23/h5-6,9-10,13,16,28H,7-8,11-12H2,1-4H3/t16?,23-,24+. The van der Waals surface area contributed by atoms with Crippen molar-refractivity contribution in [3.63, 3.8) is 0 Å². The van der Waals surface area contributed by atoms with Crippen LogP contribution in [0.25, 0.3) is 32.6 Å². The quantitative estimate of drug-likeness (QED) is 0.472. The summed E-state index contributed by atoms with van der Waals surface area (Å²) < 4.78 is 6.86. The Balaban J connectivity index is 1.32. The van der Waals surface area contributed by atoms with Crippen molar-refractivity contribution >= 4 is 37.8 Å². The molecule has 160 valence electrons. The van der Waals surface area contributed by atoms with E-state index in [4.69, 9.17) is 9.40 Å². The number of thiazole rings is 1. The van der Waals surface area contributed by atoms with Crippen molar-refractivity contribution < 1.29 is 4.42 Å². The molecular formula is C24H27N5OS. The van der Waals surface area contributed by atoms with E-state index in [0.717, 1.165) is 50.5 Å². The van der Waals surface area contributed by atoms with Gasteiger partial charge in [0.15, 0.2) is 16.6 Å². The zero-order valence-electron chi connectivity index (χ0n) is 18.4. The largest absolute Gasteiger partial charge is 0.441 e. The summed E-state index contributed by atoms with van der Waals surface area (Å²) in [5.41, 5.74) is 5.09. The van der Waals surface area contributed by atoms with Crippen LogP contribution in [0, 0.1) is 6.92 Å². The Kier molecular flexibility index (Phi) is 4.02. The van der Waals surface area contributed by atoms with Crippen molar-refractivity contribution in [1.29, 1.82) is 0 Å². The Morgan fingerprint density at radius 2 is 1.87 bits per heavy atom. The lowest BCUT2D eigenvalue weighted by Crippen LogP contribution is -2.58. The average molecular weight is 434 g/mol. The van der Waals surface area contributed by atoms with Gasteiger partial charge in [0, 0.05) is 36.7 Å². The second-order valence-electron chi connectivity index (χ2n) is 9.87. The van der Waals surface area contributed by atoms with Crippen molar-refractivity contribution in [3.8, 4) is 11.3 Å². The van der Waals surface area contributed by atoms with Crippen LogP contribution in [-0.4, -0.2) is 39.1 Å². The number of pyridine rings is 1. The Hall–Kier alpha value is -2.51. The molecule has 6 rings (SSSR count). The van der Waals surface area contributed by atoms with Crippen molar-refractivity contribution in [2.24, 2.45) is 0 Å². The van der Waals surface area contributed by atoms with Gasteiger partial charge >= 0.3 is 0 Å². The molecule has 3 atom stereocenters. The van der Waals surface area contributed by atoms with Gasteiger partial charge < -0.3 is 14.6 Å². The predicted molar refractivity (Wildman–Crippen MR) is 126 cm³/mol. The SMILES string of the molecule is Cc1nc2ccc(-c3cc4sc(N(C)C5C[C@]6(C)CC[C@](C)(C5)N6)nc4cn3)cc2o1. The number of aryl methyl sites for hydroxylation is 1. The van der Waals surface area contributed by atoms with Gasteiger partial charge in [0.1, 0.15) is 11.0 Å². The Bertz CT molecular complexity index is 1290. The molecule has 5 heterocycles. The third-order valence-corrected chi connectivity index (χ3v) is 8.22. The minimum Gasteiger partial charge on any atom is -0.441 e. The minimum absolute atomic E-state index is 0.245. The van der Waals surface area contributed by atoms with Crippen molar-refractivity contribution in [3.05, 3.63) is 36.4 Å². The smallest absolute Gasteiger partial charge is 0.192 e. The number of oxazole rings is 1. The number of piperidine rings is 1. The van der Waals surface area contributed by atoms with Gasteiger partial charge in [-0.25, -0.2) is 9.97 Å². The van der Waals surface area contributed by atoms with E-state index in [0.29, 0.717) is 11.9 Å². The molecule has 3 aromatic heterocycles. The number of anilines is 1. The third kappa shape index (κ3) is 3.22. The van der Waals surface area contributed by atoms with Crippen LogP contribution in [0.3, 0.4) is 0 Å². The maximum absolute atomic E-state index is 5.70. The molecule has 1 aromatic carbocycles. The highest BCUT2D eigenvalue weighted by Gasteiger charge is 2.49. The molecule has 31 heavy (non-hydrogen) atoms. The summed E-state index contributed by atoms with van der Waals surface area (Å²) >= 11 is 1.75. The maximum atomic E-state index is 5.70. The molecule has 1 unspecified atom stereocenters. The van der Waals surface area contributed by atoms with Crippen LogP contribution in [0.1, 0.15) is 45.4 Å². The number of hydrogen-bond acceptors (Lipinski definition) is 7. The van der Waals surface area contributed by atoms with Crippen molar-refractivity contribution in [2.75, 3.05) is 11.9 Å². The topological polar surface area (TPSA) is 67.1 Å². The molecule has 0 radical (unpaired) electrons. The van der Waals surface area contributed by atoms with E-state index in [9.17, 15) is 0 Å². The molecule has 0 spiro atoms. The third-order valence-electron chi connectivity index (χ3n) is 7.11. The molecule has 2 aliphatic heterocycles. The lowest BCUT2D eigenvalue weighted by molar-refractivity contribution is 0.208. The molecular weight excluding hydrogens is 406 g/mol. The highest BCUT2D eigenvalue weighted by molar-refractivity contribution is 7.22. The summed E-state index contributed by atoms with van der Waals surface area (Å²) in [4.78, 5) is 16.4. The fourth-order valence-corrected chi connectivity index (χ4v) is 6.59. The number of nitrogens with one attached hydrogen (secondary N) is 1. The Labute approximate surface area is 185 Å². The first-order valence-electron chi connectivity index (χ1n) is 11.0.